The molecule has 5 nitrogen and oxygen atoms in total. The van der Waals surface area contributed by atoms with E-state index in [1.165, 1.54) is 6.92 Å². The Kier molecular flexibility index (Phi) is 3.62. The third kappa shape index (κ3) is 2.63. The monoisotopic (exact) mass is 276 g/mol. The van der Waals surface area contributed by atoms with Crippen LogP contribution >= 0.6 is 11.3 Å². The third-order valence-corrected chi connectivity index (χ3v) is 3.75. The molecule has 2 aromatic rings. The van der Waals surface area contributed by atoms with Gasteiger partial charge in [-0.15, -0.1) is 0 Å². The van der Waals surface area contributed by atoms with Crippen molar-refractivity contribution in [1.29, 1.82) is 0 Å². The van der Waals surface area contributed by atoms with E-state index in [2.05, 4.69) is 4.98 Å². The molecule has 0 fully saturated rings. The fourth-order valence-electron chi connectivity index (χ4n) is 1.68. The first-order valence-corrected chi connectivity index (χ1v) is 6.39. The Morgan fingerprint density at radius 3 is 2.37 bits per heavy atom. The molecule has 6 heteroatoms. The molecule has 0 aliphatic carbocycles. The second-order valence-electron chi connectivity index (χ2n) is 3.92. The van der Waals surface area contributed by atoms with E-state index in [1.807, 2.05) is 0 Å². The summed E-state index contributed by atoms with van der Waals surface area (Å²) in [4.78, 5) is 28.5. The number of hydrogen-bond donors (Lipinski definition) is 1. The minimum atomic E-state index is -1.13. The normalized spacial score (nSPS) is 10.2. The fraction of sp³-hybridized carbons (Fsp3) is 0.154. The molecule has 0 unspecified atom stereocenters. The van der Waals surface area contributed by atoms with Crippen LogP contribution < -0.4 is 4.90 Å². The van der Waals surface area contributed by atoms with E-state index in [0.717, 1.165) is 16.2 Å². The van der Waals surface area contributed by atoms with Crippen LogP contribution in [0.3, 0.4) is 0 Å². The number of aromatic nitrogens is 1. The number of anilines is 2. The second-order valence-corrected chi connectivity index (χ2v) is 4.90. The highest BCUT2D eigenvalue weighted by molar-refractivity contribution is 7.17. The van der Waals surface area contributed by atoms with Gasteiger partial charge < -0.3 is 5.11 Å². The van der Waals surface area contributed by atoms with Gasteiger partial charge in [0, 0.05) is 6.92 Å². The van der Waals surface area contributed by atoms with E-state index >= 15 is 0 Å². The summed E-state index contributed by atoms with van der Waals surface area (Å²) in [6.07, 6.45) is -1.13. The maximum Gasteiger partial charge on any atom is 0.418 e. The van der Waals surface area contributed by atoms with Crippen LogP contribution in [-0.4, -0.2) is 22.0 Å². The van der Waals surface area contributed by atoms with Gasteiger partial charge in [-0.25, -0.2) is 14.7 Å². The first-order valence-electron chi connectivity index (χ1n) is 5.57. The predicted molar refractivity (Wildman–Crippen MR) is 73.5 cm³/mol. The van der Waals surface area contributed by atoms with Crippen LogP contribution in [0.25, 0.3) is 0 Å². The Morgan fingerprint density at radius 1 is 1.26 bits per heavy atom. The number of Topliss-reactive ketones (excluding diaryl/α,β-unsaturated/α-hetero) is 1. The van der Waals surface area contributed by atoms with Crippen molar-refractivity contribution in [2.75, 3.05) is 4.90 Å². The Morgan fingerprint density at radius 2 is 1.89 bits per heavy atom. The highest BCUT2D eigenvalue weighted by atomic mass is 32.1. The van der Waals surface area contributed by atoms with Crippen molar-refractivity contribution in [3.8, 4) is 0 Å². The van der Waals surface area contributed by atoms with Crippen LogP contribution in [0.1, 0.15) is 22.3 Å². The van der Waals surface area contributed by atoms with Crippen LogP contribution in [0.4, 0.5) is 15.6 Å². The van der Waals surface area contributed by atoms with Gasteiger partial charge >= 0.3 is 6.09 Å². The zero-order valence-electron chi connectivity index (χ0n) is 10.5. The van der Waals surface area contributed by atoms with Gasteiger partial charge in [-0.2, -0.15) is 0 Å². The molecule has 0 saturated heterocycles. The molecule has 0 bridgehead atoms. The fourth-order valence-corrected chi connectivity index (χ4v) is 2.66. The zero-order valence-corrected chi connectivity index (χ0v) is 11.3. The number of carbonyl (C=O) groups is 2. The summed E-state index contributed by atoms with van der Waals surface area (Å²) in [5.74, 6) is -0.111. The first-order chi connectivity index (χ1) is 9.00. The van der Waals surface area contributed by atoms with Gasteiger partial charge in [0.25, 0.3) is 0 Å². The smallest absolute Gasteiger partial charge is 0.418 e. The Labute approximate surface area is 114 Å². The average molecular weight is 276 g/mol. The highest BCUT2D eigenvalue weighted by Crippen LogP contribution is 2.31. The molecule has 0 aliphatic heterocycles. The summed E-state index contributed by atoms with van der Waals surface area (Å²) in [7, 11) is 0. The molecule has 0 atom stereocenters. The van der Waals surface area contributed by atoms with Crippen molar-refractivity contribution in [2.24, 2.45) is 0 Å². The third-order valence-electron chi connectivity index (χ3n) is 2.50. The SMILES string of the molecule is CC(=O)c1sc(N(C(=O)O)c2ccccc2)nc1C. The van der Waals surface area contributed by atoms with E-state index in [9.17, 15) is 14.7 Å². The number of carbonyl (C=O) groups excluding carboxylic acids is 1. The molecular weight excluding hydrogens is 264 g/mol. The van der Waals surface area contributed by atoms with Crippen molar-refractivity contribution >= 4 is 34.0 Å². The lowest BCUT2D eigenvalue weighted by Crippen LogP contribution is -2.23. The van der Waals surface area contributed by atoms with Crippen molar-refractivity contribution in [3.05, 3.63) is 40.9 Å². The topological polar surface area (TPSA) is 70.5 Å². The summed E-state index contributed by atoms with van der Waals surface area (Å²) in [6.45, 7) is 3.14. The van der Waals surface area contributed by atoms with Crippen molar-refractivity contribution < 1.29 is 14.7 Å². The van der Waals surface area contributed by atoms with Crippen LogP contribution in [0, 0.1) is 6.92 Å². The van der Waals surface area contributed by atoms with E-state index in [-0.39, 0.29) is 10.9 Å². The lowest BCUT2D eigenvalue weighted by atomic mass is 10.3. The molecule has 98 valence electrons. The van der Waals surface area contributed by atoms with Gasteiger partial charge in [-0.05, 0) is 19.1 Å². The summed E-state index contributed by atoms with van der Waals surface area (Å²) in [6, 6.07) is 8.66. The number of amides is 1. The zero-order chi connectivity index (χ0) is 14.0. The molecule has 0 radical (unpaired) electrons. The Bertz CT molecular complexity index is 622. The number of carboxylic acid groups (broad SMARTS) is 1. The van der Waals surface area contributed by atoms with E-state index in [4.69, 9.17) is 0 Å². The number of hydrogen-bond acceptors (Lipinski definition) is 4. The molecule has 1 heterocycles. The maximum atomic E-state index is 11.4. The number of benzene rings is 1. The first kappa shape index (κ1) is 13.2. The number of aryl methyl sites for hydroxylation is 1. The van der Waals surface area contributed by atoms with Gasteiger partial charge in [0.1, 0.15) is 0 Å². The molecule has 1 amide bonds. The van der Waals surface area contributed by atoms with Crippen molar-refractivity contribution in [2.45, 2.75) is 13.8 Å². The molecular formula is C13H12N2O3S. The minimum Gasteiger partial charge on any atom is -0.464 e. The quantitative estimate of drug-likeness (QED) is 0.871. The van der Waals surface area contributed by atoms with E-state index in [1.54, 1.807) is 37.3 Å². The lowest BCUT2D eigenvalue weighted by Gasteiger charge is -2.15. The summed E-state index contributed by atoms with van der Waals surface area (Å²) in [5.41, 5.74) is 1.05. The Balaban J connectivity index is 2.49. The molecule has 19 heavy (non-hydrogen) atoms. The predicted octanol–water partition coefficient (Wildman–Crippen LogP) is 3.47. The number of nitrogens with zero attached hydrogens (tertiary/aromatic N) is 2. The average Bonchev–Trinajstić information content (AvgIpc) is 2.72. The standard InChI is InChI=1S/C13H12N2O3S/c1-8-11(9(2)16)19-12(14-8)15(13(17)18)10-6-4-3-5-7-10/h3-7H,1-2H3,(H,17,18). The van der Waals surface area contributed by atoms with E-state index in [0.29, 0.717) is 16.3 Å². The number of ketones is 1. The second kappa shape index (κ2) is 5.19. The van der Waals surface area contributed by atoms with Gasteiger partial charge in [0.2, 0.25) is 0 Å². The number of para-hydroxylation sites is 1. The lowest BCUT2D eigenvalue weighted by molar-refractivity contribution is 0.102. The maximum absolute atomic E-state index is 11.4. The summed E-state index contributed by atoms with van der Waals surface area (Å²) in [5, 5.41) is 9.61. The number of thiazole rings is 1. The van der Waals surface area contributed by atoms with Gasteiger partial charge in [-0.1, -0.05) is 29.5 Å². The molecule has 1 aromatic carbocycles. The molecule has 0 spiro atoms. The minimum absolute atomic E-state index is 0.111. The summed E-state index contributed by atoms with van der Waals surface area (Å²) >= 11 is 1.08. The molecule has 1 N–H and O–H groups in total. The van der Waals surface area contributed by atoms with Gasteiger partial charge in [0.05, 0.1) is 16.3 Å². The Hall–Kier alpha value is -2.21. The molecule has 0 aliphatic rings. The van der Waals surface area contributed by atoms with Crippen molar-refractivity contribution in [3.63, 3.8) is 0 Å². The summed E-state index contributed by atoms with van der Waals surface area (Å²) < 4.78 is 0. The van der Waals surface area contributed by atoms with Crippen molar-refractivity contribution in [1.82, 2.24) is 4.98 Å². The number of rotatable bonds is 3. The van der Waals surface area contributed by atoms with Crippen LogP contribution in [-0.2, 0) is 0 Å². The molecule has 0 saturated carbocycles. The highest BCUT2D eigenvalue weighted by Gasteiger charge is 2.22. The molecule has 1 aromatic heterocycles. The molecule has 2 rings (SSSR count). The van der Waals surface area contributed by atoms with Crippen LogP contribution in [0.5, 0.6) is 0 Å². The van der Waals surface area contributed by atoms with E-state index < -0.39 is 6.09 Å². The largest absolute Gasteiger partial charge is 0.464 e. The van der Waals surface area contributed by atoms with Gasteiger partial charge in [-0.3, -0.25) is 4.79 Å². The van der Waals surface area contributed by atoms with Crippen LogP contribution in [0.2, 0.25) is 0 Å². The van der Waals surface area contributed by atoms with Crippen LogP contribution in [0.15, 0.2) is 30.3 Å². The van der Waals surface area contributed by atoms with Gasteiger partial charge in [0.15, 0.2) is 10.9 Å².